The molecule has 1 saturated carbocycles. The van der Waals surface area contributed by atoms with E-state index in [4.69, 9.17) is 4.74 Å². The van der Waals surface area contributed by atoms with Crippen molar-refractivity contribution in [1.82, 2.24) is 15.1 Å². The van der Waals surface area contributed by atoms with Crippen LogP contribution in [0.2, 0.25) is 0 Å². The molecule has 0 aromatic heterocycles. The zero-order chi connectivity index (χ0) is 16.9. The number of hydrogen-bond donors (Lipinski definition) is 1. The minimum Gasteiger partial charge on any atom is -0.494 e. The molecule has 0 bridgehead atoms. The van der Waals surface area contributed by atoms with Crippen LogP contribution < -0.4 is 10.1 Å². The lowest BCUT2D eigenvalue weighted by atomic mass is 10.2. The molecule has 1 N–H and O–H groups in total. The molecule has 1 aromatic carbocycles. The third-order valence-corrected chi connectivity index (χ3v) is 4.75. The topological polar surface area (TPSA) is 44.8 Å². The lowest BCUT2D eigenvalue weighted by Crippen LogP contribution is -2.50. The highest BCUT2D eigenvalue weighted by molar-refractivity contribution is 5.85. The molecule has 2 aliphatic rings. The van der Waals surface area contributed by atoms with Crippen molar-refractivity contribution < 1.29 is 13.9 Å². The molecule has 1 aliphatic carbocycles. The average molecular weight is 408 g/mol. The second-order valence-corrected chi connectivity index (χ2v) is 6.70. The standard InChI is InChI=1S/C18H26FN3O2.2ClH/c1-24-17-5-4-15(10-16(17)19)13-21-6-8-22(9-7-21)18(23)12-20-11-14-2-3-14;;/h4-5,10,14,20H,2-3,6-9,11-13H2,1H3;2*1H. The third-order valence-electron chi connectivity index (χ3n) is 4.75. The summed E-state index contributed by atoms with van der Waals surface area (Å²) in [6.07, 6.45) is 2.59. The van der Waals surface area contributed by atoms with E-state index >= 15 is 0 Å². The van der Waals surface area contributed by atoms with Crippen LogP contribution in [0, 0.1) is 11.7 Å². The Hall–Kier alpha value is -1.08. The second-order valence-electron chi connectivity index (χ2n) is 6.70. The molecule has 1 aliphatic heterocycles. The van der Waals surface area contributed by atoms with Gasteiger partial charge in [0.2, 0.25) is 5.91 Å². The number of nitrogens with zero attached hydrogens (tertiary/aromatic N) is 2. The number of piperazine rings is 1. The molecule has 1 heterocycles. The van der Waals surface area contributed by atoms with Crippen LogP contribution in [0.1, 0.15) is 18.4 Å². The summed E-state index contributed by atoms with van der Waals surface area (Å²) >= 11 is 0. The fourth-order valence-electron chi connectivity index (χ4n) is 3.04. The fraction of sp³-hybridized carbons (Fsp3) is 0.611. The molecule has 0 radical (unpaired) electrons. The van der Waals surface area contributed by atoms with Crippen molar-refractivity contribution in [3.63, 3.8) is 0 Å². The first-order chi connectivity index (χ1) is 11.7. The second kappa shape index (κ2) is 10.9. The molecule has 5 nitrogen and oxygen atoms in total. The number of carbonyl (C=O) groups is 1. The molecule has 1 aromatic rings. The van der Waals surface area contributed by atoms with Gasteiger partial charge in [0.1, 0.15) is 0 Å². The summed E-state index contributed by atoms with van der Waals surface area (Å²) in [5.41, 5.74) is 0.930. The van der Waals surface area contributed by atoms with Crippen LogP contribution in [0.15, 0.2) is 18.2 Å². The average Bonchev–Trinajstić information content (AvgIpc) is 3.40. The van der Waals surface area contributed by atoms with E-state index in [9.17, 15) is 9.18 Å². The number of benzene rings is 1. The van der Waals surface area contributed by atoms with Crippen molar-refractivity contribution in [3.8, 4) is 5.75 Å². The first-order valence-electron chi connectivity index (χ1n) is 8.69. The Kier molecular flexibility index (Phi) is 9.64. The van der Waals surface area contributed by atoms with Gasteiger partial charge < -0.3 is 15.0 Å². The summed E-state index contributed by atoms with van der Waals surface area (Å²) < 4.78 is 18.7. The number of methoxy groups -OCH3 is 1. The predicted molar refractivity (Wildman–Crippen MR) is 105 cm³/mol. The van der Waals surface area contributed by atoms with Gasteiger partial charge in [0.15, 0.2) is 11.6 Å². The maximum atomic E-state index is 13.7. The molecular formula is C18H28Cl2FN3O2. The van der Waals surface area contributed by atoms with E-state index in [1.807, 2.05) is 11.0 Å². The normalized spacial score (nSPS) is 17.2. The number of amides is 1. The van der Waals surface area contributed by atoms with Gasteiger partial charge in [-0.15, -0.1) is 24.8 Å². The van der Waals surface area contributed by atoms with Gasteiger partial charge in [0.05, 0.1) is 13.7 Å². The summed E-state index contributed by atoms with van der Waals surface area (Å²) in [6.45, 7) is 5.23. The molecule has 0 spiro atoms. The van der Waals surface area contributed by atoms with Gasteiger partial charge in [-0.25, -0.2) is 4.39 Å². The highest BCUT2D eigenvalue weighted by Crippen LogP contribution is 2.27. The summed E-state index contributed by atoms with van der Waals surface area (Å²) in [5.74, 6) is 0.920. The van der Waals surface area contributed by atoms with Gasteiger partial charge >= 0.3 is 0 Å². The monoisotopic (exact) mass is 407 g/mol. The van der Waals surface area contributed by atoms with Crippen LogP contribution in [0.3, 0.4) is 0 Å². The van der Waals surface area contributed by atoms with Gasteiger partial charge in [0.25, 0.3) is 0 Å². The molecule has 1 amide bonds. The molecule has 148 valence electrons. The van der Waals surface area contributed by atoms with Gasteiger partial charge in [-0.1, -0.05) is 6.07 Å². The zero-order valence-corrected chi connectivity index (χ0v) is 16.7. The first kappa shape index (κ1) is 23.0. The van der Waals surface area contributed by atoms with Crippen LogP contribution in [0.5, 0.6) is 5.75 Å². The van der Waals surface area contributed by atoms with Crippen molar-refractivity contribution in [2.45, 2.75) is 19.4 Å². The Bertz CT molecular complexity index is 580. The Morgan fingerprint density at radius 2 is 1.92 bits per heavy atom. The van der Waals surface area contributed by atoms with E-state index in [0.29, 0.717) is 13.1 Å². The van der Waals surface area contributed by atoms with Crippen LogP contribution in [-0.2, 0) is 11.3 Å². The van der Waals surface area contributed by atoms with Crippen molar-refractivity contribution in [2.24, 2.45) is 5.92 Å². The first-order valence-corrected chi connectivity index (χ1v) is 8.69. The largest absolute Gasteiger partial charge is 0.494 e. The molecule has 3 rings (SSSR count). The van der Waals surface area contributed by atoms with Crippen molar-refractivity contribution in [2.75, 3.05) is 46.4 Å². The van der Waals surface area contributed by atoms with Gasteiger partial charge in [-0.05, 0) is 43.0 Å². The van der Waals surface area contributed by atoms with E-state index in [1.54, 1.807) is 6.07 Å². The lowest BCUT2D eigenvalue weighted by Gasteiger charge is -2.34. The predicted octanol–water partition coefficient (Wildman–Crippen LogP) is 2.32. The van der Waals surface area contributed by atoms with E-state index in [2.05, 4.69) is 10.2 Å². The van der Waals surface area contributed by atoms with Crippen LogP contribution in [0.25, 0.3) is 0 Å². The van der Waals surface area contributed by atoms with E-state index in [-0.39, 0.29) is 42.3 Å². The molecule has 0 atom stereocenters. The molecule has 8 heteroatoms. The van der Waals surface area contributed by atoms with Crippen LogP contribution >= 0.6 is 24.8 Å². The van der Waals surface area contributed by atoms with E-state index in [1.165, 1.54) is 26.0 Å². The molecule has 26 heavy (non-hydrogen) atoms. The van der Waals surface area contributed by atoms with Gasteiger partial charge in [-0.2, -0.15) is 0 Å². The Balaban J connectivity index is 0.00000169. The minimum atomic E-state index is -0.328. The molecule has 0 unspecified atom stereocenters. The lowest BCUT2D eigenvalue weighted by molar-refractivity contribution is -0.132. The maximum Gasteiger partial charge on any atom is 0.236 e. The SMILES string of the molecule is COc1ccc(CN2CCN(C(=O)CNCC3CC3)CC2)cc1F.Cl.Cl. The number of rotatable bonds is 7. The fourth-order valence-corrected chi connectivity index (χ4v) is 3.04. The van der Waals surface area contributed by atoms with Gasteiger partial charge in [-0.3, -0.25) is 9.69 Å². The number of halogens is 3. The van der Waals surface area contributed by atoms with Crippen molar-refractivity contribution >= 4 is 30.7 Å². The van der Waals surface area contributed by atoms with Crippen molar-refractivity contribution in [3.05, 3.63) is 29.6 Å². The Morgan fingerprint density at radius 3 is 2.50 bits per heavy atom. The number of carbonyl (C=O) groups excluding carboxylic acids is 1. The quantitative estimate of drug-likeness (QED) is 0.752. The third kappa shape index (κ3) is 6.58. The minimum absolute atomic E-state index is 0. The number of hydrogen-bond acceptors (Lipinski definition) is 4. The number of ether oxygens (including phenoxy) is 1. The van der Waals surface area contributed by atoms with Gasteiger partial charge in [0, 0.05) is 32.7 Å². The molecule has 2 fully saturated rings. The highest BCUT2D eigenvalue weighted by Gasteiger charge is 2.23. The summed E-state index contributed by atoms with van der Waals surface area (Å²) in [7, 11) is 1.47. The van der Waals surface area contributed by atoms with Crippen LogP contribution in [-0.4, -0.2) is 62.1 Å². The van der Waals surface area contributed by atoms with Crippen molar-refractivity contribution in [1.29, 1.82) is 0 Å². The summed E-state index contributed by atoms with van der Waals surface area (Å²) in [6, 6.07) is 5.08. The highest BCUT2D eigenvalue weighted by atomic mass is 35.5. The van der Waals surface area contributed by atoms with E-state index < -0.39 is 0 Å². The maximum absolute atomic E-state index is 13.7. The number of nitrogens with one attached hydrogen (secondary N) is 1. The smallest absolute Gasteiger partial charge is 0.236 e. The summed E-state index contributed by atoms with van der Waals surface area (Å²) in [4.78, 5) is 16.3. The Morgan fingerprint density at radius 1 is 1.23 bits per heavy atom. The molecule has 1 saturated heterocycles. The molecular weight excluding hydrogens is 380 g/mol. The van der Waals surface area contributed by atoms with E-state index in [0.717, 1.165) is 44.2 Å². The summed E-state index contributed by atoms with van der Waals surface area (Å²) in [5, 5.41) is 3.25. The van der Waals surface area contributed by atoms with Crippen LogP contribution in [0.4, 0.5) is 4.39 Å². The Labute approximate surface area is 167 Å². The zero-order valence-electron chi connectivity index (χ0n) is 15.1.